The third-order valence-electron chi connectivity index (χ3n) is 2.39. The molecule has 2 amide bonds. The Labute approximate surface area is 110 Å². The number of hydrogen-bond acceptors (Lipinski definition) is 4. The van der Waals surface area contributed by atoms with Crippen molar-refractivity contribution in [3.63, 3.8) is 0 Å². The Morgan fingerprint density at radius 3 is 2.32 bits per heavy atom. The number of urea groups is 1. The number of benzene rings is 1. The summed E-state index contributed by atoms with van der Waals surface area (Å²) in [7, 11) is -3.90. The number of pyridine rings is 1. The molecule has 3 N–H and O–H groups in total. The van der Waals surface area contributed by atoms with Crippen LogP contribution in [0.4, 0.5) is 4.79 Å². The van der Waals surface area contributed by atoms with Crippen molar-refractivity contribution in [3.05, 3.63) is 48.8 Å². The molecule has 1 aromatic heterocycles. The van der Waals surface area contributed by atoms with E-state index in [-0.39, 0.29) is 4.90 Å². The first-order chi connectivity index (χ1) is 8.99. The van der Waals surface area contributed by atoms with Gasteiger partial charge in [-0.3, -0.25) is 4.98 Å². The standard InChI is InChI=1S/C12H11N3O3S/c13-12(16)15-19(17,18)11-5-3-9(4-6-11)10-2-1-7-14-8-10/h1-8H,(H3,13,15,16). The van der Waals surface area contributed by atoms with Crippen LogP contribution in [0.5, 0.6) is 0 Å². The van der Waals surface area contributed by atoms with Crippen molar-refractivity contribution in [3.8, 4) is 11.1 Å². The number of sulfonamides is 1. The maximum Gasteiger partial charge on any atom is 0.326 e. The van der Waals surface area contributed by atoms with E-state index in [1.54, 1.807) is 35.3 Å². The minimum absolute atomic E-state index is 0.0288. The van der Waals surface area contributed by atoms with Crippen LogP contribution in [-0.4, -0.2) is 19.4 Å². The summed E-state index contributed by atoms with van der Waals surface area (Å²) in [6.07, 6.45) is 3.32. The monoisotopic (exact) mass is 277 g/mol. The van der Waals surface area contributed by atoms with Crippen molar-refractivity contribution in [2.24, 2.45) is 5.73 Å². The van der Waals surface area contributed by atoms with Crippen LogP contribution in [0.2, 0.25) is 0 Å². The van der Waals surface area contributed by atoms with Crippen LogP contribution in [-0.2, 0) is 10.0 Å². The van der Waals surface area contributed by atoms with Gasteiger partial charge in [0.1, 0.15) is 0 Å². The van der Waals surface area contributed by atoms with E-state index in [1.807, 2.05) is 6.07 Å². The number of rotatable bonds is 3. The predicted molar refractivity (Wildman–Crippen MR) is 69.6 cm³/mol. The van der Waals surface area contributed by atoms with E-state index in [4.69, 9.17) is 5.73 Å². The normalized spacial score (nSPS) is 10.9. The number of nitrogens with two attached hydrogens (primary N) is 1. The number of carbonyl (C=O) groups is 1. The highest BCUT2D eigenvalue weighted by molar-refractivity contribution is 7.90. The molecular formula is C12H11N3O3S. The van der Waals surface area contributed by atoms with Gasteiger partial charge in [0.2, 0.25) is 0 Å². The number of hydrogen-bond donors (Lipinski definition) is 2. The third-order valence-corrected chi connectivity index (χ3v) is 3.76. The zero-order valence-electron chi connectivity index (χ0n) is 9.78. The van der Waals surface area contributed by atoms with E-state index in [9.17, 15) is 13.2 Å². The molecule has 0 radical (unpaired) electrons. The maximum atomic E-state index is 11.7. The lowest BCUT2D eigenvalue weighted by molar-refractivity contribution is 0.253. The number of aromatic nitrogens is 1. The molecule has 98 valence electrons. The molecule has 0 spiro atoms. The van der Waals surface area contributed by atoms with Gasteiger partial charge < -0.3 is 5.73 Å². The van der Waals surface area contributed by atoms with E-state index in [2.05, 4.69) is 4.98 Å². The van der Waals surface area contributed by atoms with Crippen LogP contribution in [0, 0.1) is 0 Å². The fourth-order valence-corrected chi connectivity index (χ4v) is 2.43. The molecule has 0 unspecified atom stereocenters. The van der Waals surface area contributed by atoms with Crippen LogP contribution in [0.1, 0.15) is 0 Å². The summed E-state index contributed by atoms with van der Waals surface area (Å²) in [5.41, 5.74) is 6.49. The second-order valence-corrected chi connectivity index (χ2v) is 5.42. The molecule has 1 aromatic carbocycles. The Balaban J connectivity index is 2.32. The second kappa shape index (κ2) is 5.07. The van der Waals surface area contributed by atoms with Crippen LogP contribution in [0.3, 0.4) is 0 Å². The van der Waals surface area contributed by atoms with Crippen LogP contribution >= 0.6 is 0 Å². The molecule has 7 heteroatoms. The lowest BCUT2D eigenvalue weighted by Gasteiger charge is -2.05. The van der Waals surface area contributed by atoms with Crippen molar-refractivity contribution >= 4 is 16.1 Å². The second-order valence-electron chi connectivity index (χ2n) is 3.74. The molecule has 0 aliphatic heterocycles. The molecule has 0 fully saturated rings. The summed E-state index contributed by atoms with van der Waals surface area (Å²) in [6.45, 7) is 0. The number of nitrogens with one attached hydrogen (secondary N) is 1. The minimum atomic E-state index is -3.90. The van der Waals surface area contributed by atoms with Gasteiger partial charge >= 0.3 is 6.03 Å². The van der Waals surface area contributed by atoms with Gasteiger partial charge in [0.05, 0.1) is 4.90 Å². The maximum absolute atomic E-state index is 11.7. The Morgan fingerprint density at radius 2 is 1.79 bits per heavy atom. The lowest BCUT2D eigenvalue weighted by Crippen LogP contribution is -2.34. The molecular weight excluding hydrogens is 266 g/mol. The summed E-state index contributed by atoms with van der Waals surface area (Å²) >= 11 is 0. The highest BCUT2D eigenvalue weighted by atomic mass is 32.2. The highest BCUT2D eigenvalue weighted by Gasteiger charge is 2.15. The molecule has 6 nitrogen and oxygen atoms in total. The highest BCUT2D eigenvalue weighted by Crippen LogP contribution is 2.20. The van der Waals surface area contributed by atoms with Gasteiger partial charge in [-0.1, -0.05) is 18.2 Å². The fraction of sp³-hybridized carbons (Fsp3) is 0. The van der Waals surface area contributed by atoms with Gasteiger partial charge in [-0.2, -0.15) is 0 Å². The topological polar surface area (TPSA) is 102 Å². The van der Waals surface area contributed by atoms with Crippen LogP contribution in [0.15, 0.2) is 53.7 Å². The largest absolute Gasteiger partial charge is 0.351 e. The molecule has 0 aliphatic rings. The van der Waals surface area contributed by atoms with Crippen molar-refractivity contribution in [2.45, 2.75) is 4.90 Å². The van der Waals surface area contributed by atoms with E-state index in [1.165, 1.54) is 12.1 Å². The third kappa shape index (κ3) is 3.08. The van der Waals surface area contributed by atoms with Crippen molar-refractivity contribution in [2.75, 3.05) is 0 Å². The molecule has 0 atom stereocenters. The molecule has 2 aromatic rings. The average molecular weight is 277 g/mol. The van der Waals surface area contributed by atoms with Gasteiger partial charge in [-0.25, -0.2) is 17.9 Å². The first-order valence-electron chi connectivity index (χ1n) is 5.32. The number of primary amides is 1. The number of amides is 2. The molecule has 0 saturated heterocycles. The van der Waals surface area contributed by atoms with Crippen molar-refractivity contribution < 1.29 is 13.2 Å². The minimum Gasteiger partial charge on any atom is -0.351 e. The van der Waals surface area contributed by atoms with Gasteiger partial charge in [0.25, 0.3) is 10.0 Å². The van der Waals surface area contributed by atoms with Gasteiger partial charge in [0, 0.05) is 12.4 Å². The van der Waals surface area contributed by atoms with Crippen molar-refractivity contribution in [1.29, 1.82) is 0 Å². The SMILES string of the molecule is NC(=O)NS(=O)(=O)c1ccc(-c2cccnc2)cc1. The smallest absolute Gasteiger partial charge is 0.326 e. The Bertz CT molecular complexity index is 682. The lowest BCUT2D eigenvalue weighted by atomic mass is 10.1. The van der Waals surface area contributed by atoms with Crippen LogP contribution < -0.4 is 10.5 Å². The predicted octanol–water partition coefficient (Wildman–Crippen LogP) is 1.11. The quantitative estimate of drug-likeness (QED) is 0.877. The zero-order valence-corrected chi connectivity index (χ0v) is 10.6. The van der Waals surface area contributed by atoms with E-state index >= 15 is 0 Å². The number of carbonyl (C=O) groups excluding carboxylic acids is 1. The summed E-state index contributed by atoms with van der Waals surface area (Å²) < 4.78 is 25.0. The van der Waals surface area contributed by atoms with Gasteiger partial charge in [-0.15, -0.1) is 0 Å². The summed E-state index contributed by atoms with van der Waals surface area (Å²) in [4.78, 5) is 14.6. The fourth-order valence-electron chi connectivity index (χ4n) is 1.55. The molecule has 0 saturated carbocycles. The molecule has 19 heavy (non-hydrogen) atoms. The Morgan fingerprint density at radius 1 is 1.11 bits per heavy atom. The Hall–Kier alpha value is -2.41. The average Bonchev–Trinajstić information content (AvgIpc) is 2.38. The van der Waals surface area contributed by atoms with Crippen molar-refractivity contribution in [1.82, 2.24) is 9.71 Å². The zero-order chi connectivity index (χ0) is 13.9. The van der Waals surface area contributed by atoms with Crippen LogP contribution in [0.25, 0.3) is 11.1 Å². The van der Waals surface area contributed by atoms with E-state index in [0.29, 0.717) is 0 Å². The summed E-state index contributed by atoms with van der Waals surface area (Å²) in [5.74, 6) is 0. The first-order valence-corrected chi connectivity index (χ1v) is 6.80. The molecule has 2 rings (SSSR count). The number of nitrogens with zero attached hydrogens (tertiary/aromatic N) is 1. The Kier molecular flexibility index (Phi) is 3.48. The van der Waals surface area contributed by atoms with Gasteiger partial charge in [0.15, 0.2) is 0 Å². The van der Waals surface area contributed by atoms with E-state index in [0.717, 1.165) is 11.1 Å². The molecule has 0 aliphatic carbocycles. The summed E-state index contributed by atoms with van der Waals surface area (Å²) in [5, 5.41) is 0. The first kappa shape index (κ1) is 13.0. The van der Waals surface area contributed by atoms with E-state index < -0.39 is 16.1 Å². The summed E-state index contributed by atoms with van der Waals surface area (Å²) in [6, 6.07) is 8.59. The van der Waals surface area contributed by atoms with Gasteiger partial charge in [-0.05, 0) is 29.3 Å². The molecule has 1 heterocycles. The molecule has 0 bridgehead atoms.